The Labute approximate surface area is 108 Å². The zero-order chi connectivity index (χ0) is 13.1. The molecule has 0 aliphatic rings. The fourth-order valence-corrected chi connectivity index (χ4v) is 2.37. The zero-order valence-electron chi connectivity index (χ0n) is 9.99. The Morgan fingerprint density at radius 3 is 2.94 bits per heavy atom. The molecule has 6 nitrogen and oxygen atoms in total. The van der Waals surface area contributed by atoms with Gasteiger partial charge >= 0.3 is 5.97 Å². The molecule has 0 radical (unpaired) electrons. The largest absolute Gasteiger partial charge is 0.478 e. The number of hydrogen-bond donors (Lipinski definition) is 1. The molecule has 18 heavy (non-hydrogen) atoms. The summed E-state index contributed by atoms with van der Waals surface area (Å²) in [6.45, 7) is 2.49. The lowest BCUT2D eigenvalue weighted by Gasteiger charge is -2.18. The summed E-state index contributed by atoms with van der Waals surface area (Å²) in [6.07, 6.45) is 1.37. The third kappa shape index (κ3) is 2.45. The van der Waals surface area contributed by atoms with Gasteiger partial charge in [-0.2, -0.15) is 5.10 Å². The third-order valence-electron chi connectivity index (χ3n) is 2.52. The first-order valence-electron chi connectivity index (χ1n) is 5.24. The van der Waals surface area contributed by atoms with Crippen LogP contribution < -0.4 is 4.90 Å². The molecule has 0 spiro atoms. The van der Waals surface area contributed by atoms with Gasteiger partial charge in [-0.05, 0) is 13.0 Å². The molecule has 2 rings (SSSR count). The Morgan fingerprint density at radius 2 is 2.33 bits per heavy atom. The number of hydrogen-bond acceptors (Lipinski definition) is 6. The molecular formula is C11H12N4O2S. The lowest BCUT2D eigenvalue weighted by atomic mass is 10.2. The summed E-state index contributed by atoms with van der Waals surface area (Å²) in [6, 6.07) is 1.45. The van der Waals surface area contributed by atoms with Crippen LogP contribution in [0.1, 0.15) is 20.9 Å². The van der Waals surface area contributed by atoms with E-state index in [4.69, 9.17) is 5.11 Å². The van der Waals surface area contributed by atoms with Crippen LogP contribution in [-0.4, -0.2) is 33.3 Å². The van der Waals surface area contributed by atoms with E-state index >= 15 is 0 Å². The molecule has 0 saturated carbocycles. The number of carbonyl (C=O) groups is 1. The van der Waals surface area contributed by atoms with E-state index in [0.717, 1.165) is 10.6 Å². The molecule has 0 aliphatic heterocycles. The average molecular weight is 264 g/mol. The number of anilines is 1. The molecular weight excluding hydrogens is 252 g/mol. The normalized spacial score (nSPS) is 10.3. The minimum absolute atomic E-state index is 0.148. The van der Waals surface area contributed by atoms with Crippen LogP contribution in [-0.2, 0) is 6.54 Å². The lowest BCUT2D eigenvalue weighted by molar-refractivity contribution is 0.0697. The van der Waals surface area contributed by atoms with Crippen molar-refractivity contribution in [1.29, 1.82) is 0 Å². The van der Waals surface area contributed by atoms with Crippen molar-refractivity contribution in [3.05, 3.63) is 33.9 Å². The van der Waals surface area contributed by atoms with E-state index < -0.39 is 5.97 Å². The van der Waals surface area contributed by atoms with Crippen LogP contribution in [0.5, 0.6) is 0 Å². The van der Waals surface area contributed by atoms with Gasteiger partial charge in [0.25, 0.3) is 0 Å². The second-order valence-corrected chi connectivity index (χ2v) is 4.73. The number of aromatic carboxylic acids is 1. The molecule has 1 N–H and O–H groups in total. The van der Waals surface area contributed by atoms with Crippen LogP contribution in [0.25, 0.3) is 0 Å². The molecule has 0 aliphatic carbocycles. The van der Waals surface area contributed by atoms with Crippen molar-refractivity contribution >= 4 is 23.1 Å². The second kappa shape index (κ2) is 5.09. The number of carboxylic acid groups (broad SMARTS) is 1. The highest BCUT2D eigenvalue weighted by Crippen LogP contribution is 2.20. The van der Waals surface area contributed by atoms with Gasteiger partial charge in [0.15, 0.2) is 5.82 Å². The molecule has 0 amide bonds. The Morgan fingerprint density at radius 1 is 1.56 bits per heavy atom. The van der Waals surface area contributed by atoms with E-state index in [-0.39, 0.29) is 5.56 Å². The molecule has 2 aromatic rings. The Kier molecular flexibility index (Phi) is 3.52. The van der Waals surface area contributed by atoms with Gasteiger partial charge in [-0.1, -0.05) is 0 Å². The molecule has 0 fully saturated rings. The number of carboxylic acids is 1. The van der Waals surface area contributed by atoms with Crippen molar-refractivity contribution in [3.63, 3.8) is 0 Å². The van der Waals surface area contributed by atoms with E-state index in [2.05, 4.69) is 15.2 Å². The van der Waals surface area contributed by atoms with Gasteiger partial charge in [-0.25, -0.2) is 9.78 Å². The van der Waals surface area contributed by atoms with Crippen molar-refractivity contribution in [2.75, 3.05) is 11.9 Å². The van der Waals surface area contributed by atoms with Crippen LogP contribution >= 0.6 is 11.3 Å². The molecule has 94 valence electrons. The maximum atomic E-state index is 11.1. The molecule has 7 heteroatoms. The number of aromatic nitrogens is 3. The lowest BCUT2D eigenvalue weighted by Crippen LogP contribution is -2.21. The molecule has 0 saturated heterocycles. The first-order valence-corrected chi connectivity index (χ1v) is 6.12. The van der Waals surface area contributed by atoms with Gasteiger partial charge < -0.3 is 10.0 Å². The van der Waals surface area contributed by atoms with Gasteiger partial charge in [-0.3, -0.25) is 0 Å². The molecule has 0 unspecified atom stereocenters. The van der Waals surface area contributed by atoms with E-state index in [1.807, 2.05) is 6.92 Å². The summed E-state index contributed by atoms with van der Waals surface area (Å²) >= 11 is 1.54. The minimum Gasteiger partial charge on any atom is -0.478 e. The Hall–Kier alpha value is -2.02. The van der Waals surface area contributed by atoms with Crippen molar-refractivity contribution < 1.29 is 9.90 Å². The topological polar surface area (TPSA) is 79.2 Å². The fraction of sp³-hybridized carbons (Fsp3) is 0.273. The van der Waals surface area contributed by atoms with Gasteiger partial charge in [-0.15, -0.1) is 16.4 Å². The Bertz CT molecular complexity index is 570. The summed E-state index contributed by atoms with van der Waals surface area (Å²) in [5.74, 6) is -0.648. The summed E-state index contributed by atoms with van der Waals surface area (Å²) in [7, 11) is 1.79. The fourth-order valence-electron chi connectivity index (χ4n) is 1.54. The third-order valence-corrected chi connectivity index (χ3v) is 3.44. The first kappa shape index (κ1) is 12.4. The van der Waals surface area contributed by atoms with E-state index in [9.17, 15) is 4.79 Å². The number of nitrogens with zero attached hydrogens (tertiary/aromatic N) is 4. The number of thiazole rings is 1. The van der Waals surface area contributed by atoms with Gasteiger partial charge in [0, 0.05) is 11.9 Å². The molecule has 2 heterocycles. The van der Waals surface area contributed by atoms with Crippen molar-refractivity contribution in [1.82, 2.24) is 15.2 Å². The minimum atomic E-state index is -1.01. The monoisotopic (exact) mass is 264 g/mol. The first-order chi connectivity index (χ1) is 8.59. The SMILES string of the molecule is Cc1ncsc1CN(C)c1nnccc1C(=O)O. The highest BCUT2D eigenvalue weighted by molar-refractivity contribution is 7.09. The number of rotatable bonds is 4. The molecule has 0 bridgehead atoms. The van der Waals surface area contributed by atoms with Crippen molar-refractivity contribution in [2.24, 2.45) is 0 Å². The van der Waals surface area contributed by atoms with Crippen LogP contribution in [0.3, 0.4) is 0 Å². The van der Waals surface area contributed by atoms with Crippen LogP contribution in [0.2, 0.25) is 0 Å². The number of aryl methyl sites for hydroxylation is 1. The second-order valence-electron chi connectivity index (χ2n) is 3.79. The van der Waals surface area contributed by atoms with Gasteiger partial charge in [0.2, 0.25) is 0 Å². The van der Waals surface area contributed by atoms with Crippen molar-refractivity contribution in [2.45, 2.75) is 13.5 Å². The van der Waals surface area contributed by atoms with Gasteiger partial charge in [0.1, 0.15) is 5.56 Å². The molecule has 2 aromatic heterocycles. The van der Waals surface area contributed by atoms with Crippen LogP contribution in [0.4, 0.5) is 5.82 Å². The van der Waals surface area contributed by atoms with E-state index in [0.29, 0.717) is 12.4 Å². The standard InChI is InChI=1S/C11H12N4O2S/c1-7-9(18-6-12-7)5-15(2)10-8(11(16)17)3-4-13-14-10/h3-4,6H,5H2,1-2H3,(H,16,17). The summed E-state index contributed by atoms with van der Waals surface area (Å²) < 4.78 is 0. The maximum absolute atomic E-state index is 11.1. The average Bonchev–Trinajstić information content (AvgIpc) is 2.75. The van der Waals surface area contributed by atoms with Gasteiger partial charge in [0.05, 0.1) is 23.9 Å². The van der Waals surface area contributed by atoms with E-state index in [1.165, 1.54) is 23.6 Å². The zero-order valence-corrected chi connectivity index (χ0v) is 10.8. The molecule has 0 aromatic carbocycles. The van der Waals surface area contributed by atoms with Crippen LogP contribution in [0.15, 0.2) is 17.8 Å². The molecule has 0 atom stereocenters. The highest BCUT2D eigenvalue weighted by atomic mass is 32.1. The smallest absolute Gasteiger partial charge is 0.339 e. The van der Waals surface area contributed by atoms with Crippen LogP contribution in [0, 0.1) is 6.92 Å². The van der Waals surface area contributed by atoms with E-state index in [1.54, 1.807) is 17.5 Å². The highest BCUT2D eigenvalue weighted by Gasteiger charge is 2.16. The summed E-state index contributed by atoms with van der Waals surface area (Å²) in [4.78, 5) is 18.1. The Balaban J connectivity index is 2.26. The maximum Gasteiger partial charge on any atom is 0.339 e. The predicted octanol–water partition coefficient (Wildman–Crippen LogP) is 1.58. The predicted molar refractivity (Wildman–Crippen MR) is 67.9 cm³/mol. The summed E-state index contributed by atoms with van der Waals surface area (Å²) in [5.41, 5.74) is 2.87. The summed E-state index contributed by atoms with van der Waals surface area (Å²) in [5, 5.41) is 16.7. The van der Waals surface area contributed by atoms with Crippen molar-refractivity contribution in [3.8, 4) is 0 Å². The quantitative estimate of drug-likeness (QED) is 0.903.